The summed E-state index contributed by atoms with van der Waals surface area (Å²) in [7, 11) is 1.35. The Morgan fingerprint density at radius 1 is 1.00 bits per heavy atom. The molecule has 4 N–H and O–H groups in total. The molecule has 4 unspecified atom stereocenters. The molecule has 162 valence electrons. The van der Waals surface area contributed by atoms with Gasteiger partial charge in [0.05, 0.1) is 10.9 Å². The number of rotatable bonds is 8. The van der Waals surface area contributed by atoms with Crippen LogP contribution in [-0.2, 0) is 16.0 Å². The number of carbonyl (C=O) groups is 2. The smallest absolute Gasteiger partial charge is 0.251 e. The Bertz CT molecular complexity index is 873. The number of halogens is 3. The number of likely N-dealkylation sites (N-methyl/N-ethyl adjacent to an activating group) is 1. The van der Waals surface area contributed by atoms with Crippen molar-refractivity contribution >= 4 is 50.9 Å². The third-order valence-electron chi connectivity index (χ3n) is 4.55. The molecule has 0 fully saturated rings. The minimum Gasteiger partial charge on any atom is -0.388 e. The lowest BCUT2D eigenvalue weighted by Gasteiger charge is -2.27. The highest BCUT2D eigenvalue weighted by atomic mass is 79.9. The summed E-state index contributed by atoms with van der Waals surface area (Å²) < 4.78 is 0. The number of nitrogens with one attached hydrogen (secondary N) is 2. The van der Waals surface area contributed by atoms with E-state index in [2.05, 4.69) is 26.6 Å². The summed E-state index contributed by atoms with van der Waals surface area (Å²) in [6.45, 7) is 1.64. The van der Waals surface area contributed by atoms with E-state index in [1.54, 1.807) is 25.1 Å². The van der Waals surface area contributed by atoms with Crippen LogP contribution < -0.4 is 10.6 Å². The van der Waals surface area contributed by atoms with Crippen molar-refractivity contribution in [3.63, 3.8) is 0 Å². The lowest BCUT2D eigenvalue weighted by Crippen LogP contribution is -2.54. The van der Waals surface area contributed by atoms with E-state index in [0.29, 0.717) is 10.0 Å². The molecule has 0 aliphatic rings. The second-order valence-corrected chi connectivity index (χ2v) is 9.09. The Hall–Kier alpha value is -1.64. The van der Waals surface area contributed by atoms with Gasteiger partial charge in [0.25, 0.3) is 5.91 Å². The average molecular weight is 518 g/mol. The third kappa shape index (κ3) is 6.68. The first kappa shape index (κ1) is 24.6. The van der Waals surface area contributed by atoms with E-state index in [9.17, 15) is 19.8 Å². The number of aliphatic hydroxyl groups is 2. The molecule has 0 spiro atoms. The molecule has 0 aliphatic heterocycles. The monoisotopic (exact) mass is 516 g/mol. The van der Waals surface area contributed by atoms with Gasteiger partial charge in [-0.1, -0.05) is 63.4 Å². The van der Waals surface area contributed by atoms with Gasteiger partial charge in [0, 0.05) is 17.1 Å². The average Bonchev–Trinajstić information content (AvgIpc) is 2.71. The van der Waals surface area contributed by atoms with E-state index in [-0.39, 0.29) is 12.3 Å². The van der Waals surface area contributed by atoms with Crippen LogP contribution in [0.25, 0.3) is 11.1 Å². The number of alkyl halides is 1. The summed E-state index contributed by atoms with van der Waals surface area (Å²) in [6.07, 6.45) is -2.97. The molecule has 0 bridgehead atoms. The quantitative estimate of drug-likeness (QED) is 0.404. The van der Waals surface area contributed by atoms with Crippen LogP contribution in [0, 0.1) is 0 Å². The van der Waals surface area contributed by atoms with Crippen LogP contribution in [-0.4, -0.2) is 52.2 Å². The first-order chi connectivity index (χ1) is 14.1. The van der Waals surface area contributed by atoms with Gasteiger partial charge in [-0.3, -0.25) is 9.59 Å². The highest BCUT2D eigenvalue weighted by Crippen LogP contribution is 2.27. The Morgan fingerprint density at radius 2 is 1.57 bits per heavy atom. The summed E-state index contributed by atoms with van der Waals surface area (Å²) in [5, 5.41) is 26.6. The summed E-state index contributed by atoms with van der Waals surface area (Å²) in [5.41, 5.74) is 2.54. The van der Waals surface area contributed by atoms with Gasteiger partial charge in [-0.15, -0.1) is 0 Å². The number of hydrogen-bond donors (Lipinski definition) is 4. The molecule has 2 aromatic rings. The summed E-state index contributed by atoms with van der Waals surface area (Å²) >= 11 is 15.3. The van der Waals surface area contributed by atoms with Crippen LogP contribution in [0.2, 0.25) is 10.0 Å². The Kier molecular flexibility index (Phi) is 9.12. The minimum absolute atomic E-state index is 0.206. The lowest BCUT2D eigenvalue weighted by atomic mass is 9.95. The molecule has 2 rings (SSSR count). The molecule has 6 nitrogen and oxygen atoms in total. The first-order valence-electron chi connectivity index (χ1n) is 9.20. The van der Waals surface area contributed by atoms with Crippen LogP contribution in [0.15, 0.2) is 42.5 Å². The minimum atomic E-state index is -1.68. The summed E-state index contributed by atoms with van der Waals surface area (Å²) in [5.74, 6) is -1.10. The molecule has 2 aromatic carbocycles. The Labute approximate surface area is 193 Å². The maximum atomic E-state index is 12.1. The maximum Gasteiger partial charge on any atom is 0.251 e. The topological polar surface area (TPSA) is 98.7 Å². The first-order valence-corrected chi connectivity index (χ1v) is 10.9. The van der Waals surface area contributed by atoms with Crippen molar-refractivity contribution in [2.45, 2.75) is 36.4 Å². The van der Waals surface area contributed by atoms with Crippen LogP contribution in [0.4, 0.5) is 0 Å². The summed E-state index contributed by atoms with van der Waals surface area (Å²) in [4.78, 5) is 23.4. The van der Waals surface area contributed by atoms with Gasteiger partial charge < -0.3 is 20.8 Å². The highest BCUT2D eigenvalue weighted by Gasteiger charge is 2.32. The number of hydrogen-bond acceptors (Lipinski definition) is 4. The largest absolute Gasteiger partial charge is 0.388 e. The Morgan fingerprint density at radius 3 is 2.07 bits per heavy atom. The summed E-state index contributed by atoms with van der Waals surface area (Å²) in [6, 6.07) is 11.8. The second-order valence-electron chi connectivity index (χ2n) is 6.84. The third-order valence-corrected chi connectivity index (χ3v) is 5.40. The molecule has 0 heterocycles. The molecular formula is C21H23BrCl2N2O4. The number of carbonyl (C=O) groups excluding carboxylic acids is 2. The second kappa shape index (κ2) is 11.1. The SMILES string of the molecule is CNC(=O)C(O)C(O)C(Cc1ccc(-c2cc(Cl)cc(Cl)c2)cc1)NC(=O)C(C)Br. The molecule has 30 heavy (non-hydrogen) atoms. The van der Waals surface area contributed by atoms with E-state index in [1.165, 1.54) is 7.05 Å². The molecule has 4 atom stereocenters. The van der Waals surface area contributed by atoms with Crippen molar-refractivity contribution < 1.29 is 19.8 Å². The van der Waals surface area contributed by atoms with Crippen molar-refractivity contribution in [3.05, 3.63) is 58.1 Å². The number of amides is 2. The van der Waals surface area contributed by atoms with Crippen LogP contribution in [0.3, 0.4) is 0 Å². The van der Waals surface area contributed by atoms with Crippen LogP contribution >= 0.6 is 39.1 Å². The Balaban J connectivity index is 2.23. The predicted molar refractivity (Wildman–Crippen MR) is 122 cm³/mol. The maximum absolute atomic E-state index is 12.1. The zero-order valence-corrected chi connectivity index (χ0v) is 19.5. The van der Waals surface area contributed by atoms with Gasteiger partial charge in [0.2, 0.25) is 5.91 Å². The van der Waals surface area contributed by atoms with Gasteiger partial charge in [-0.2, -0.15) is 0 Å². The molecule has 0 radical (unpaired) electrons. The van der Waals surface area contributed by atoms with E-state index in [0.717, 1.165) is 16.7 Å². The normalized spacial score (nSPS) is 15.0. The van der Waals surface area contributed by atoms with Crippen LogP contribution in [0.1, 0.15) is 12.5 Å². The van der Waals surface area contributed by atoms with Gasteiger partial charge in [-0.05, 0) is 48.2 Å². The predicted octanol–water partition coefficient (Wildman–Crippen LogP) is 2.94. The molecule has 0 saturated carbocycles. The fraction of sp³-hybridized carbons (Fsp3) is 0.333. The molecule has 0 aromatic heterocycles. The zero-order chi connectivity index (χ0) is 22.4. The van der Waals surface area contributed by atoms with Crippen molar-refractivity contribution in [1.82, 2.24) is 10.6 Å². The molecular weight excluding hydrogens is 495 g/mol. The standard InChI is InChI=1S/C21H23BrCl2N2O4/c1-11(22)20(29)26-17(18(27)19(28)21(30)25-2)7-12-3-5-13(6-4-12)14-8-15(23)10-16(24)9-14/h3-6,8-11,17-19,27-28H,7H2,1-2H3,(H,25,30)(H,26,29). The van der Waals surface area contributed by atoms with E-state index in [4.69, 9.17) is 23.2 Å². The van der Waals surface area contributed by atoms with Crippen LogP contribution in [0.5, 0.6) is 0 Å². The van der Waals surface area contributed by atoms with Crippen molar-refractivity contribution in [1.29, 1.82) is 0 Å². The fourth-order valence-electron chi connectivity index (χ4n) is 2.89. The number of benzene rings is 2. The van der Waals surface area contributed by atoms with Gasteiger partial charge in [-0.25, -0.2) is 0 Å². The lowest BCUT2D eigenvalue weighted by molar-refractivity contribution is -0.137. The van der Waals surface area contributed by atoms with Crippen molar-refractivity contribution in [2.24, 2.45) is 0 Å². The van der Waals surface area contributed by atoms with E-state index in [1.807, 2.05) is 24.3 Å². The van der Waals surface area contributed by atoms with Gasteiger partial charge >= 0.3 is 0 Å². The van der Waals surface area contributed by atoms with Crippen molar-refractivity contribution in [2.75, 3.05) is 7.05 Å². The van der Waals surface area contributed by atoms with Gasteiger partial charge in [0.1, 0.15) is 6.10 Å². The van der Waals surface area contributed by atoms with Crippen molar-refractivity contribution in [3.8, 4) is 11.1 Å². The van der Waals surface area contributed by atoms with E-state index >= 15 is 0 Å². The molecule has 0 aliphatic carbocycles. The molecule has 9 heteroatoms. The molecule has 2 amide bonds. The van der Waals surface area contributed by atoms with Gasteiger partial charge in [0.15, 0.2) is 6.10 Å². The fourth-order valence-corrected chi connectivity index (χ4v) is 3.54. The number of aliphatic hydroxyl groups excluding tert-OH is 2. The molecule has 0 saturated heterocycles. The highest BCUT2D eigenvalue weighted by molar-refractivity contribution is 9.10. The zero-order valence-electron chi connectivity index (χ0n) is 16.4. The van der Waals surface area contributed by atoms with E-state index < -0.39 is 29.0 Å².